The fraction of sp³-hybridized carbons (Fsp3) is 0.167. The van der Waals surface area contributed by atoms with Gasteiger partial charge in [0.15, 0.2) is 0 Å². The molecule has 0 aliphatic carbocycles. The van der Waals surface area contributed by atoms with Crippen molar-refractivity contribution in [2.45, 2.75) is 13.0 Å². The first-order valence-electron chi connectivity index (χ1n) is 7.67. The molecule has 1 aromatic carbocycles. The van der Waals surface area contributed by atoms with Crippen LogP contribution in [-0.2, 0) is 13.0 Å². The smallest absolute Gasteiger partial charge is 0.147 e. The molecular weight excluding hydrogens is 322 g/mol. The highest BCUT2D eigenvalue weighted by molar-refractivity contribution is 6.33. The van der Waals surface area contributed by atoms with E-state index in [9.17, 15) is 0 Å². The van der Waals surface area contributed by atoms with Crippen LogP contribution in [0.1, 0.15) is 17.0 Å². The van der Waals surface area contributed by atoms with Crippen LogP contribution in [0.5, 0.6) is 0 Å². The number of rotatable bonds is 2. The molecule has 118 valence electrons. The lowest BCUT2D eigenvalue weighted by molar-refractivity contribution is 0.690. The first-order chi connectivity index (χ1) is 11.8. The highest BCUT2D eigenvalue weighted by atomic mass is 35.5. The summed E-state index contributed by atoms with van der Waals surface area (Å²) in [6.07, 6.45) is 4.29. The quantitative estimate of drug-likeness (QED) is 0.720. The first kappa shape index (κ1) is 14.7. The zero-order valence-electron chi connectivity index (χ0n) is 12.9. The molecule has 1 aliphatic heterocycles. The lowest BCUT2D eigenvalue weighted by atomic mass is 10.1. The number of hydrogen-bond donors (Lipinski definition) is 0. The van der Waals surface area contributed by atoms with Crippen LogP contribution < -0.4 is 4.90 Å². The van der Waals surface area contributed by atoms with Gasteiger partial charge in [-0.15, -0.1) is 0 Å². The number of para-hydroxylation sites is 1. The van der Waals surface area contributed by atoms with E-state index in [4.69, 9.17) is 16.9 Å². The highest BCUT2D eigenvalue weighted by Gasteiger charge is 2.23. The third kappa shape index (κ3) is 2.51. The Morgan fingerprint density at radius 3 is 2.75 bits per heavy atom. The van der Waals surface area contributed by atoms with Gasteiger partial charge in [-0.3, -0.25) is 0 Å². The first-order valence-corrected chi connectivity index (χ1v) is 8.05. The Balaban J connectivity index is 1.64. The Labute approximate surface area is 144 Å². The molecule has 0 atom stereocenters. The van der Waals surface area contributed by atoms with Gasteiger partial charge in [-0.25, -0.2) is 9.97 Å². The van der Waals surface area contributed by atoms with Crippen LogP contribution in [-0.4, -0.2) is 21.1 Å². The predicted octanol–water partition coefficient (Wildman–Crippen LogP) is 3.36. The normalized spacial score (nSPS) is 13.4. The lowest BCUT2D eigenvalue weighted by Crippen LogP contribution is -2.32. The van der Waals surface area contributed by atoms with Gasteiger partial charge in [-0.2, -0.15) is 5.26 Å². The maximum Gasteiger partial charge on any atom is 0.147 e. The third-order valence-electron chi connectivity index (χ3n) is 4.20. The van der Waals surface area contributed by atoms with E-state index < -0.39 is 0 Å². The molecule has 0 bridgehead atoms. The maximum absolute atomic E-state index is 8.93. The van der Waals surface area contributed by atoms with E-state index in [0.29, 0.717) is 22.9 Å². The van der Waals surface area contributed by atoms with Crippen molar-refractivity contribution < 1.29 is 0 Å². The van der Waals surface area contributed by atoms with E-state index in [2.05, 4.69) is 37.6 Å². The summed E-state index contributed by atoms with van der Waals surface area (Å²) in [7, 11) is 0. The van der Waals surface area contributed by atoms with E-state index in [1.165, 1.54) is 5.69 Å². The topological polar surface area (TPSA) is 57.7 Å². The Hall–Kier alpha value is -2.84. The second kappa shape index (κ2) is 5.99. The molecule has 24 heavy (non-hydrogen) atoms. The predicted molar refractivity (Wildman–Crippen MR) is 92.3 cm³/mol. The SMILES string of the molecule is N#Cc1cnc(N2CCc3c(ncn3-c3ccccc3)C2)c(Cl)c1. The van der Waals surface area contributed by atoms with Crippen molar-refractivity contribution in [2.75, 3.05) is 11.4 Å². The van der Waals surface area contributed by atoms with Crippen LogP contribution in [0.4, 0.5) is 5.82 Å². The number of pyridine rings is 1. The molecule has 0 unspecified atom stereocenters. The van der Waals surface area contributed by atoms with Crippen LogP contribution in [0, 0.1) is 11.3 Å². The average molecular weight is 336 g/mol. The Morgan fingerprint density at radius 1 is 1.17 bits per heavy atom. The van der Waals surface area contributed by atoms with Crippen molar-refractivity contribution in [1.29, 1.82) is 5.26 Å². The molecule has 3 aromatic rings. The third-order valence-corrected chi connectivity index (χ3v) is 4.48. The summed E-state index contributed by atoms with van der Waals surface area (Å²) in [6.45, 7) is 1.47. The molecule has 0 saturated heterocycles. The van der Waals surface area contributed by atoms with Gasteiger partial charge in [0.1, 0.15) is 11.9 Å². The fourth-order valence-corrected chi connectivity index (χ4v) is 3.31. The molecule has 2 aromatic heterocycles. The number of anilines is 1. The number of imidazole rings is 1. The highest BCUT2D eigenvalue weighted by Crippen LogP contribution is 2.29. The summed E-state index contributed by atoms with van der Waals surface area (Å²) in [5, 5.41) is 9.43. The van der Waals surface area contributed by atoms with Crippen LogP contribution in [0.2, 0.25) is 5.02 Å². The largest absolute Gasteiger partial charge is 0.349 e. The van der Waals surface area contributed by atoms with Crippen LogP contribution >= 0.6 is 11.6 Å². The molecule has 0 saturated carbocycles. The molecule has 0 N–H and O–H groups in total. The standard InChI is InChI=1S/C18H14ClN5/c19-15-8-13(9-20)10-21-18(15)23-7-6-17-16(11-23)22-12-24(17)14-4-2-1-3-5-14/h1-5,8,10,12H,6-7,11H2. The van der Waals surface area contributed by atoms with E-state index in [1.54, 1.807) is 12.3 Å². The van der Waals surface area contributed by atoms with Crippen LogP contribution in [0.25, 0.3) is 5.69 Å². The van der Waals surface area contributed by atoms with Crippen molar-refractivity contribution >= 4 is 17.4 Å². The number of aromatic nitrogens is 3. The molecule has 3 heterocycles. The molecule has 4 rings (SSSR count). The summed E-state index contributed by atoms with van der Waals surface area (Å²) >= 11 is 6.29. The Bertz CT molecular complexity index is 926. The molecule has 5 nitrogen and oxygen atoms in total. The Morgan fingerprint density at radius 2 is 2.00 bits per heavy atom. The second-order valence-corrected chi connectivity index (χ2v) is 6.06. The summed E-state index contributed by atoms with van der Waals surface area (Å²) in [4.78, 5) is 11.0. The van der Waals surface area contributed by atoms with E-state index in [1.807, 2.05) is 24.5 Å². The number of hydrogen-bond acceptors (Lipinski definition) is 4. The zero-order valence-corrected chi connectivity index (χ0v) is 13.6. The summed E-state index contributed by atoms with van der Waals surface area (Å²) < 4.78 is 2.14. The van der Waals surface area contributed by atoms with Crippen molar-refractivity contribution in [3.05, 3.63) is 70.9 Å². The van der Waals surface area contributed by atoms with Crippen molar-refractivity contribution in [2.24, 2.45) is 0 Å². The molecule has 0 fully saturated rings. The van der Waals surface area contributed by atoms with E-state index >= 15 is 0 Å². The van der Waals surface area contributed by atoms with Gasteiger partial charge in [0.25, 0.3) is 0 Å². The van der Waals surface area contributed by atoms with Crippen molar-refractivity contribution in [3.63, 3.8) is 0 Å². The summed E-state index contributed by atoms with van der Waals surface area (Å²) in [6, 6.07) is 13.9. The molecule has 6 heteroatoms. The monoisotopic (exact) mass is 335 g/mol. The molecule has 0 spiro atoms. The minimum atomic E-state index is 0.467. The fourth-order valence-electron chi connectivity index (χ4n) is 3.02. The number of halogens is 1. The van der Waals surface area contributed by atoms with Gasteiger partial charge >= 0.3 is 0 Å². The number of benzene rings is 1. The van der Waals surface area contributed by atoms with Gasteiger partial charge in [0.05, 0.1) is 29.2 Å². The average Bonchev–Trinajstić information content (AvgIpc) is 3.05. The summed E-state index contributed by atoms with van der Waals surface area (Å²) in [5.41, 5.74) is 3.85. The number of nitrogens with zero attached hydrogens (tertiary/aromatic N) is 5. The van der Waals surface area contributed by atoms with Crippen molar-refractivity contribution in [1.82, 2.24) is 14.5 Å². The molecule has 0 radical (unpaired) electrons. The maximum atomic E-state index is 8.93. The minimum Gasteiger partial charge on any atom is -0.349 e. The van der Waals surface area contributed by atoms with Gasteiger partial charge in [0.2, 0.25) is 0 Å². The zero-order chi connectivity index (χ0) is 16.5. The molecule has 0 amide bonds. The van der Waals surface area contributed by atoms with Gasteiger partial charge < -0.3 is 9.47 Å². The number of nitriles is 1. The minimum absolute atomic E-state index is 0.467. The molecule has 1 aliphatic rings. The van der Waals surface area contributed by atoms with Crippen LogP contribution in [0.15, 0.2) is 48.9 Å². The van der Waals surface area contributed by atoms with Gasteiger partial charge in [0, 0.05) is 30.5 Å². The second-order valence-electron chi connectivity index (χ2n) is 5.66. The van der Waals surface area contributed by atoms with Gasteiger partial charge in [-0.05, 0) is 18.2 Å². The van der Waals surface area contributed by atoms with E-state index in [-0.39, 0.29) is 0 Å². The van der Waals surface area contributed by atoms with E-state index in [0.717, 1.165) is 24.3 Å². The Kier molecular flexibility index (Phi) is 3.68. The molecular formula is C18H14ClN5. The van der Waals surface area contributed by atoms with Crippen LogP contribution in [0.3, 0.4) is 0 Å². The van der Waals surface area contributed by atoms with Gasteiger partial charge in [-0.1, -0.05) is 29.8 Å². The lowest BCUT2D eigenvalue weighted by Gasteiger charge is -2.28. The number of fused-ring (bicyclic) bond motifs is 1. The van der Waals surface area contributed by atoms with Crippen molar-refractivity contribution in [3.8, 4) is 11.8 Å². The summed E-state index contributed by atoms with van der Waals surface area (Å²) in [5.74, 6) is 0.704.